The van der Waals surface area contributed by atoms with E-state index in [2.05, 4.69) is 15.3 Å². The highest BCUT2D eigenvalue weighted by Crippen LogP contribution is 2.25. The summed E-state index contributed by atoms with van der Waals surface area (Å²) in [6, 6.07) is 1.60. The van der Waals surface area contributed by atoms with Crippen LogP contribution in [-0.4, -0.2) is 50.3 Å². The average Bonchev–Trinajstić information content (AvgIpc) is 2.88. The highest BCUT2D eigenvalue weighted by atomic mass is 19.3. The van der Waals surface area contributed by atoms with Crippen LogP contribution < -0.4 is 0 Å². The van der Waals surface area contributed by atoms with E-state index in [0.29, 0.717) is 42.7 Å². The fourth-order valence-electron chi connectivity index (χ4n) is 2.63. The molecule has 0 saturated carbocycles. The molecule has 0 atom stereocenters. The van der Waals surface area contributed by atoms with Crippen LogP contribution in [0.1, 0.15) is 23.2 Å². The van der Waals surface area contributed by atoms with Crippen LogP contribution in [0, 0.1) is 5.92 Å². The fraction of sp³-hybridized carbons (Fsp3) is 0.538. The molecule has 0 aliphatic carbocycles. The van der Waals surface area contributed by atoms with E-state index < -0.39 is 12.3 Å². The molecular formula is C13H15F2N5O. The predicted octanol–water partition coefficient (Wildman–Crippen LogP) is 1.48. The molecule has 3 heterocycles. The maximum absolute atomic E-state index is 12.6. The number of amides is 1. The van der Waals surface area contributed by atoms with Gasteiger partial charge >= 0.3 is 0 Å². The zero-order valence-corrected chi connectivity index (χ0v) is 11.5. The van der Waals surface area contributed by atoms with Gasteiger partial charge in [0.15, 0.2) is 5.65 Å². The molecule has 3 rings (SSSR count). The van der Waals surface area contributed by atoms with Crippen molar-refractivity contribution in [1.29, 1.82) is 0 Å². The maximum atomic E-state index is 12.6. The average molecular weight is 295 g/mol. The number of fused-ring (bicyclic) bond motifs is 1. The number of rotatable bonds is 2. The second-order valence-electron chi connectivity index (χ2n) is 5.21. The Kier molecular flexibility index (Phi) is 3.52. The molecule has 112 valence electrons. The number of hydrogen-bond acceptors (Lipinski definition) is 4. The van der Waals surface area contributed by atoms with Crippen molar-refractivity contribution < 1.29 is 13.6 Å². The SMILES string of the molecule is Cn1nnc2c(C(=O)N3CCC(C(F)F)CC3)ccnc21. The van der Waals surface area contributed by atoms with Gasteiger partial charge in [0.2, 0.25) is 6.43 Å². The van der Waals surface area contributed by atoms with Gasteiger partial charge in [-0.15, -0.1) is 5.10 Å². The van der Waals surface area contributed by atoms with Gasteiger partial charge in [0.1, 0.15) is 5.52 Å². The summed E-state index contributed by atoms with van der Waals surface area (Å²) in [4.78, 5) is 18.3. The minimum Gasteiger partial charge on any atom is -0.339 e. The maximum Gasteiger partial charge on any atom is 0.256 e. The quantitative estimate of drug-likeness (QED) is 0.842. The second kappa shape index (κ2) is 5.34. The summed E-state index contributed by atoms with van der Waals surface area (Å²) in [6.07, 6.45) is -0.115. The van der Waals surface area contributed by atoms with Gasteiger partial charge in [0.25, 0.3) is 5.91 Å². The molecule has 0 spiro atoms. The van der Waals surface area contributed by atoms with Crippen LogP contribution in [0.25, 0.3) is 11.2 Å². The summed E-state index contributed by atoms with van der Waals surface area (Å²) < 4.78 is 26.8. The van der Waals surface area contributed by atoms with Crippen LogP contribution in [0.15, 0.2) is 12.3 Å². The van der Waals surface area contributed by atoms with Gasteiger partial charge in [-0.2, -0.15) is 0 Å². The van der Waals surface area contributed by atoms with Crippen molar-refractivity contribution in [3.63, 3.8) is 0 Å². The predicted molar refractivity (Wildman–Crippen MR) is 70.9 cm³/mol. The van der Waals surface area contributed by atoms with Crippen molar-refractivity contribution in [2.75, 3.05) is 13.1 Å². The summed E-state index contributed by atoms with van der Waals surface area (Å²) in [5.74, 6) is -0.807. The Morgan fingerprint density at radius 1 is 1.38 bits per heavy atom. The van der Waals surface area contributed by atoms with Gasteiger partial charge in [-0.1, -0.05) is 5.21 Å². The number of alkyl halides is 2. The molecule has 0 bridgehead atoms. The van der Waals surface area contributed by atoms with Gasteiger partial charge in [0.05, 0.1) is 5.56 Å². The molecule has 2 aromatic heterocycles. The van der Waals surface area contributed by atoms with Crippen molar-refractivity contribution in [2.24, 2.45) is 13.0 Å². The van der Waals surface area contributed by atoms with E-state index in [1.165, 1.54) is 10.9 Å². The van der Waals surface area contributed by atoms with Crippen LogP contribution >= 0.6 is 0 Å². The van der Waals surface area contributed by atoms with E-state index in [-0.39, 0.29) is 5.91 Å². The highest BCUT2D eigenvalue weighted by Gasteiger charge is 2.29. The Balaban J connectivity index is 1.82. The summed E-state index contributed by atoms with van der Waals surface area (Å²) in [5.41, 5.74) is 1.40. The number of carbonyl (C=O) groups excluding carboxylic acids is 1. The monoisotopic (exact) mass is 295 g/mol. The van der Waals surface area contributed by atoms with Crippen molar-refractivity contribution >= 4 is 17.1 Å². The number of nitrogens with zero attached hydrogens (tertiary/aromatic N) is 5. The highest BCUT2D eigenvalue weighted by molar-refractivity contribution is 6.03. The van der Waals surface area contributed by atoms with Gasteiger partial charge < -0.3 is 4.90 Å². The number of halogens is 2. The number of likely N-dealkylation sites (tertiary alicyclic amines) is 1. The van der Waals surface area contributed by atoms with Crippen molar-refractivity contribution in [3.05, 3.63) is 17.8 Å². The van der Waals surface area contributed by atoms with E-state index in [1.54, 1.807) is 18.0 Å². The minimum atomic E-state index is -2.31. The standard InChI is InChI=1S/C13H15F2N5O/c1-19-12-10(17-18-19)9(2-5-16-12)13(21)20-6-3-8(4-7-20)11(14)15/h2,5,8,11H,3-4,6-7H2,1H3. The number of aromatic nitrogens is 4. The number of piperidine rings is 1. The molecule has 21 heavy (non-hydrogen) atoms. The molecule has 8 heteroatoms. The number of aryl methyl sites for hydroxylation is 1. The zero-order chi connectivity index (χ0) is 15.0. The fourth-order valence-corrected chi connectivity index (χ4v) is 2.63. The van der Waals surface area contributed by atoms with Gasteiger partial charge in [-0.3, -0.25) is 4.79 Å². The first-order chi connectivity index (χ1) is 10.1. The largest absolute Gasteiger partial charge is 0.339 e. The molecule has 0 radical (unpaired) electrons. The van der Waals surface area contributed by atoms with E-state index in [0.717, 1.165) is 0 Å². The first-order valence-corrected chi connectivity index (χ1v) is 6.79. The first kappa shape index (κ1) is 13.8. The van der Waals surface area contributed by atoms with Gasteiger partial charge in [-0.25, -0.2) is 18.4 Å². The third-order valence-corrected chi connectivity index (χ3v) is 3.90. The Bertz CT molecular complexity index is 664. The van der Waals surface area contributed by atoms with Crippen LogP contribution in [0.4, 0.5) is 8.78 Å². The lowest BCUT2D eigenvalue weighted by molar-refractivity contribution is 0.0312. The van der Waals surface area contributed by atoms with Gasteiger partial charge in [0, 0.05) is 32.3 Å². The van der Waals surface area contributed by atoms with E-state index in [4.69, 9.17) is 0 Å². The molecule has 6 nitrogen and oxygen atoms in total. The molecule has 1 saturated heterocycles. The molecular weight excluding hydrogens is 280 g/mol. The summed E-state index contributed by atoms with van der Waals surface area (Å²) in [6.45, 7) is 0.690. The third kappa shape index (κ3) is 2.45. The molecule has 1 aliphatic rings. The van der Waals surface area contributed by atoms with Crippen LogP contribution in [0.2, 0.25) is 0 Å². The van der Waals surface area contributed by atoms with Crippen LogP contribution in [-0.2, 0) is 7.05 Å². The van der Waals surface area contributed by atoms with Crippen molar-refractivity contribution in [2.45, 2.75) is 19.3 Å². The lowest BCUT2D eigenvalue weighted by Gasteiger charge is -2.31. The van der Waals surface area contributed by atoms with Crippen molar-refractivity contribution in [1.82, 2.24) is 24.9 Å². The Labute approximate surface area is 119 Å². The molecule has 0 N–H and O–H groups in total. The third-order valence-electron chi connectivity index (χ3n) is 3.90. The first-order valence-electron chi connectivity index (χ1n) is 6.79. The molecule has 1 amide bonds. The molecule has 1 aliphatic heterocycles. The Hall–Kier alpha value is -2.12. The van der Waals surface area contributed by atoms with E-state index >= 15 is 0 Å². The second-order valence-corrected chi connectivity index (χ2v) is 5.21. The summed E-state index contributed by atoms with van der Waals surface area (Å²) in [7, 11) is 1.70. The lowest BCUT2D eigenvalue weighted by atomic mass is 9.97. The van der Waals surface area contributed by atoms with E-state index in [1.807, 2.05) is 0 Å². The summed E-state index contributed by atoms with van der Waals surface area (Å²) in [5, 5.41) is 7.81. The van der Waals surface area contributed by atoms with E-state index in [9.17, 15) is 13.6 Å². The minimum absolute atomic E-state index is 0.199. The zero-order valence-electron chi connectivity index (χ0n) is 11.5. The molecule has 0 unspecified atom stereocenters. The smallest absolute Gasteiger partial charge is 0.256 e. The lowest BCUT2D eigenvalue weighted by Crippen LogP contribution is -2.40. The normalized spacial score (nSPS) is 16.9. The number of hydrogen-bond donors (Lipinski definition) is 0. The number of carbonyl (C=O) groups is 1. The molecule has 2 aromatic rings. The topological polar surface area (TPSA) is 63.9 Å². The Morgan fingerprint density at radius 2 is 2.10 bits per heavy atom. The number of pyridine rings is 1. The summed E-state index contributed by atoms with van der Waals surface area (Å²) >= 11 is 0. The van der Waals surface area contributed by atoms with Crippen molar-refractivity contribution in [3.8, 4) is 0 Å². The van der Waals surface area contributed by atoms with Crippen LogP contribution in [0.5, 0.6) is 0 Å². The van der Waals surface area contributed by atoms with Crippen LogP contribution in [0.3, 0.4) is 0 Å². The molecule has 0 aromatic carbocycles. The van der Waals surface area contributed by atoms with Gasteiger partial charge in [-0.05, 0) is 18.9 Å². The Morgan fingerprint density at radius 3 is 2.76 bits per heavy atom. The molecule has 1 fully saturated rings.